The van der Waals surface area contributed by atoms with Crippen molar-refractivity contribution in [2.24, 2.45) is 5.92 Å². The molecule has 1 aromatic carbocycles. The minimum atomic E-state index is -0.186. The highest BCUT2D eigenvalue weighted by Gasteiger charge is 2.26. The van der Waals surface area contributed by atoms with E-state index >= 15 is 0 Å². The summed E-state index contributed by atoms with van der Waals surface area (Å²) in [7, 11) is 0. The van der Waals surface area contributed by atoms with Crippen molar-refractivity contribution in [3.63, 3.8) is 0 Å². The molecule has 4 rings (SSSR count). The minimum absolute atomic E-state index is 0.0348. The molecule has 7 nitrogen and oxygen atoms in total. The van der Waals surface area contributed by atoms with Gasteiger partial charge in [0.2, 0.25) is 0 Å². The first-order valence-corrected chi connectivity index (χ1v) is 10.9. The van der Waals surface area contributed by atoms with Gasteiger partial charge in [-0.2, -0.15) is 0 Å². The van der Waals surface area contributed by atoms with Gasteiger partial charge in [-0.3, -0.25) is 9.59 Å². The van der Waals surface area contributed by atoms with Gasteiger partial charge in [-0.1, -0.05) is 6.07 Å². The van der Waals surface area contributed by atoms with Crippen LogP contribution in [0.15, 0.2) is 48.8 Å². The fourth-order valence-electron chi connectivity index (χ4n) is 4.05. The molecular weight excluding hydrogens is 392 g/mol. The first-order chi connectivity index (χ1) is 15.1. The third-order valence-electron chi connectivity index (χ3n) is 5.82. The SMILES string of the molecule is CCOC(=O)C1CCN(c2ccc(C(=O)Nc3ccc4ccn(CC)c4c3)cn2)CC1. The maximum Gasteiger partial charge on any atom is 0.309 e. The first kappa shape index (κ1) is 20.9. The van der Waals surface area contributed by atoms with Crippen LogP contribution in [0.5, 0.6) is 0 Å². The standard InChI is InChI=1S/C24H28N4O3/c1-3-27-12-9-17-5-7-20(15-21(17)27)26-23(29)19-6-8-22(25-16-19)28-13-10-18(11-14-28)24(30)31-4-2/h5-9,12,15-16,18H,3-4,10-11,13-14H2,1-2H3,(H,26,29). The quantitative estimate of drug-likeness (QED) is 0.608. The number of nitrogens with zero attached hydrogens (tertiary/aromatic N) is 3. The van der Waals surface area contributed by atoms with Crippen LogP contribution in [0, 0.1) is 5.92 Å². The Labute approximate surface area is 182 Å². The first-order valence-electron chi connectivity index (χ1n) is 10.9. The molecule has 0 aliphatic carbocycles. The fraction of sp³-hybridized carbons (Fsp3) is 0.375. The number of fused-ring (bicyclic) bond motifs is 1. The third kappa shape index (κ3) is 4.55. The van der Waals surface area contributed by atoms with Gasteiger partial charge >= 0.3 is 5.97 Å². The Balaban J connectivity index is 1.38. The van der Waals surface area contributed by atoms with E-state index in [1.807, 2.05) is 31.2 Å². The number of carbonyl (C=O) groups is 2. The lowest BCUT2D eigenvalue weighted by atomic mass is 9.97. The fourth-order valence-corrected chi connectivity index (χ4v) is 4.05. The summed E-state index contributed by atoms with van der Waals surface area (Å²) >= 11 is 0. The second-order valence-corrected chi connectivity index (χ2v) is 7.75. The van der Waals surface area contributed by atoms with E-state index < -0.39 is 0 Å². The summed E-state index contributed by atoms with van der Waals surface area (Å²) in [6.07, 6.45) is 5.17. The summed E-state index contributed by atoms with van der Waals surface area (Å²) in [5, 5.41) is 4.11. The second kappa shape index (κ2) is 9.20. The topological polar surface area (TPSA) is 76.5 Å². The predicted octanol–water partition coefficient (Wildman–Crippen LogP) is 4.09. The van der Waals surface area contributed by atoms with E-state index in [4.69, 9.17) is 4.74 Å². The summed E-state index contributed by atoms with van der Waals surface area (Å²) in [6, 6.07) is 11.6. The van der Waals surface area contributed by atoms with Crippen molar-refractivity contribution in [2.45, 2.75) is 33.2 Å². The van der Waals surface area contributed by atoms with E-state index in [2.05, 4.69) is 39.0 Å². The Morgan fingerprint density at radius 1 is 1.13 bits per heavy atom. The highest BCUT2D eigenvalue weighted by molar-refractivity contribution is 6.05. The molecular formula is C24H28N4O3. The number of pyridine rings is 1. The smallest absolute Gasteiger partial charge is 0.309 e. The van der Waals surface area contributed by atoms with Crippen LogP contribution in [-0.4, -0.2) is 41.1 Å². The molecule has 3 aromatic rings. The molecule has 0 radical (unpaired) electrons. The van der Waals surface area contributed by atoms with Crippen LogP contribution in [0.4, 0.5) is 11.5 Å². The number of anilines is 2. The second-order valence-electron chi connectivity index (χ2n) is 7.75. The zero-order valence-electron chi connectivity index (χ0n) is 18.0. The zero-order valence-corrected chi connectivity index (χ0v) is 18.0. The van der Waals surface area contributed by atoms with Crippen LogP contribution in [0.3, 0.4) is 0 Å². The predicted molar refractivity (Wildman–Crippen MR) is 121 cm³/mol. The highest BCUT2D eigenvalue weighted by atomic mass is 16.5. The lowest BCUT2D eigenvalue weighted by molar-refractivity contribution is -0.148. The Bertz CT molecular complexity index is 1070. The molecule has 3 heterocycles. The number of ether oxygens (including phenoxy) is 1. The zero-order chi connectivity index (χ0) is 21.8. The maximum absolute atomic E-state index is 12.7. The van der Waals surface area contributed by atoms with E-state index in [0.717, 1.165) is 54.9 Å². The van der Waals surface area contributed by atoms with Gasteiger partial charge in [0.25, 0.3) is 5.91 Å². The largest absolute Gasteiger partial charge is 0.466 e. The monoisotopic (exact) mass is 420 g/mol. The Morgan fingerprint density at radius 2 is 1.94 bits per heavy atom. The van der Waals surface area contributed by atoms with Gasteiger partial charge in [0.05, 0.1) is 23.6 Å². The molecule has 1 aliphatic rings. The van der Waals surface area contributed by atoms with Gasteiger partial charge in [-0.15, -0.1) is 0 Å². The molecule has 1 saturated heterocycles. The number of rotatable bonds is 6. The number of hydrogen-bond donors (Lipinski definition) is 1. The summed E-state index contributed by atoms with van der Waals surface area (Å²) in [6.45, 7) is 6.72. The van der Waals surface area contributed by atoms with Crippen LogP contribution in [0.25, 0.3) is 10.9 Å². The molecule has 2 aromatic heterocycles. The van der Waals surface area contributed by atoms with Crippen molar-refractivity contribution in [1.82, 2.24) is 9.55 Å². The van der Waals surface area contributed by atoms with Gasteiger partial charge in [0.15, 0.2) is 0 Å². The number of aromatic nitrogens is 2. The molecule has 162 valence electrons. The molecule has 0 spiro atoms. The van der Waals surface area contributed by atoms with E-state index in [-0.39, 0.29) is 17.8 Å². The number of aryl methyl sites for hydroxylation is 1. The van der Waals surface area contributed by atoms with Gasteiger partial charge in [0, 0.05) is 37.7 Å². The van der Waals surface area contributed by atoms with Crippen molar-refractivity contribution in [3.05, 3.63) is 54.4 Å². The number of benzene rings is 1. The van der Waals surface area contributed by atoms with Crippen molar-refractivity contribution < 1.29 is 14.3 Å². The van der Waals surface area contributed by atoms with Crippen molar-refractivity contribution in [2.75, 3.05) is 29.9 Å². The average Bonchev–Trinajstić information content (AvgIpc) is 3.22. The Morgan fingerprint density at radius 3 is 2.61 bits per heavy atom. The number of hydrogen-bond acceptors (Lipinski definition) is 5. The normalized spacial score (nSPS) is 14.6. The lowest BCUT2D eigenvalue weighted by Gasteiger charge is -2.31. The lowest BCUT2D eigenvalue weighted by Crippen LogP contribution is -2.37. The summed E-state index contributed by atoms with van der Waals surface area (Å²) in [5.74, 6) is 0.494. The minimum Gasteiger partial charge on any atom is -0.466 e. The highest BCUT2D eigenvalue weighted by Crippen LogP contribution is 2.24. The molecule has 0 atom stereocenters. The van der Waals surface area contributed by atoms with E-state index in [0.29, 0.717) is 12.2 Å². The van der Waals surface area contributed by atoms with E-state index in [9.17, 15) is 9.59 Å². The average molecular weight is 421 g/mol. The van der Waals surface area contributed by atoms with Crippen molar-refractivity contribution >= 4 is 34.3 Å². The molecule has 31 heavy (non-hydrogen) atoms. The van der Waals surface area contributed by atoms with Crippen LogP contribution >= 0.6 is 0 Å². The van der Waals surface area contributed by atoms with Crippen LogP contribution in [-0.2, 0) is 16.1 Å². The Kier molecular flexibility index (Phi) is 6.21. The van der Waals surface area contributed by atoms with Gasteiger partial charge in [-0.25, -0.2) is 4.98 Å². The van der Waals surface area contributed by atoms with Crippen molar-refractivity contribution in [3.8, 4) is 0 Å². The van der Waals surface area contributed by atoms with Crippen LogP contribution in [0.2, 0.25) is 0 Å². The summed E-state index contributed by atoms with van der Waals surface area (Å²) < 4.78 is 7.27. The molecule has 1 fully saturated rings. The number of piperidine rings is 1. The van der Waals surface area contributed by atoms with E-state index in [1.165, 1.54) is 0 Å². The maximum atomic E-state index is 12.7. The summed E-state index contributed by atoms with van der Waals surface area (Å²) in [4.78, 5) is 31.2. The molecule has 0 unspecified atom stereocenters. The van der Waals surface area contributed by atoms with Crippen LogP contribution in [0.1, 0.15) is 37.0 Å². The number of nitrogens with one attached hydrogen (secondary N) is 1. The van der Waals surface area contributed by atoms with E-state index in [1.54, 1.807) is 12.3 Å². The molecule has 7 heteroatoms. The molecule has 1 N–H and O–H groups in total. The van der Waals surface area contributed by atoms with Gasteiger partial charge in [0.1, 0.15) is 5.82 Å². The molecule has 1 amide bonds. The molecule has 0 saturated carbocycles. The van der Waals surface area contributed by atoms with Crippen molar-refractivity contribution in [1.29, 1.82) is 0 Å². The summed E-state index contributed by atoms with van der Waals surface area (Å²) in [5.41, 5.74) is 2.37. The third-order valence-corrected chi connectivity index (χ3v) is 5.82. The van der Waals surface area contributed by atoms with Crippen LogP contribution < -0.4 is 10.2 Å². The Hall–Kier alpha value is -3.35. The number of carbonyl (C=O) groups excluding carboxylic acids is 2. The number of amides is 1. The number of esters is 1. The molecule has 1 aliphatic heterocycles. The van der Waals surface area contributed by atoms with Gasteiger partial charge < -0.3 is 19.5 Å². The van der Waals surface area contributed by atoms with Gasteiger partial charge in [-0.05, 0) is 62.4 Å². The molecule has 0 bridgehead atoms.